The van der Waals surface area contributed by atoms with Crippen molar-refractivity contribution in [3.05, 3.63) is 62.2 Å². The number of halogens is 1. The van der Waals surface area contributed by atoms with Gasteiger partial charge in [-0.2, -0.15) is 4.31 Å². The van der Waals surface area contributed by atoms with Crippen LogP contribution in [0.15, 0.2) is 35.2 Å². The number of sulfonamides is 1. The van der Waals surface area contributed by atoms with Crippen molar-refractivity contribution in [3.63, 3.8) is 0 Å². The van der Waals surface area contributed by atoms with E-state index in [-0.39, 0.29) is 35.2 Å². The number of hydrogen-bond acceptors (Lipinski definition) is 6. The van der Waals surface area contributed by atoms with Crippen molar-refractivity contribution in [2.45, 2.75) is 43.6 Å². The van der Waals surface area contributed by atoms with E-state index >= 15 is 0 Å². The van der Waals surface area contributed by atoms with Gasteiger partial charge in [-0.15, -0.1) is 0 Å². The number of fused-ring (bicyclic) bond motifs is 1. The smallest absolute Gasteiger partial charge is 0.289 e. The highest BCUT2D eigenvalue weighted by molar-refractivity contribution is 7.89. The number of ether oxygens (including phenoxy) is 1. The van der Waals surface area contributed by atoms with Gasteiger partial charge in [0.2, 0.25) is 10.0 Å². The van der Waals surface area contributed by atoms with Crippen molar-refractivity contribution >= 4 is 33.1 Å². The third-order valence-electron chi connectivity index (χ3n) is 5.92. The van der Waals surface area contributed by atoms with Crippen molar-refractivity contribution in [1.29, 1.82) is 0 Å². The van der Waals surface area contributed by atoms with Crippen LogP contribution in [0.25, 0.3) is 0 Å². The largest absolute Gasteiger partial charge is 0.486 e. The average molecular weight is 465 g/mol. The minimum atomic E-state index is -3.95. The Morgan fingerprint density at radius 3 is 2.48 bits per heavy atom. The SMILES string of the molecule is Cc1cc(C)c2c(c1)OC1(CCN(S(=O)(=O)c3ccc(Cl)c([N+](=O)[O-])c3)CC1)CC2=O. The minimum Gasteiger partial charge on any atom is -0.486 e. The highest BCUT2D eigenvalue weighted by Gasteiger charge is 2.45. The van der Waals surface area contributed by atoms with E-state index in [1.54, 1.807) is 0 Å². The Kier molecular flexibility index (Phi) is 5.31. The maximum atomic E-state index is 13.0. The zero-order valence-corrected chi connectivity index (χ0v) is 18.6. The van der Waals surface area contributed by atoms with E-state index in [9.17, 15) is 23.3 Å². The Hall–Kier alpha value is -2.49. The summed E-state index contributed by atoms with van der Waals surface area (Å²) in [6, 6.07) is 7.24. The predicted octanol–water partition coefficient (Wildman–Crippen LogP) is 4.05. The molecule has 0 N–H and O–H groups in total. The zero-order valence-electron chi connectivity index (χ0n) is 17.1. The number of ketones is 1. The monoisotopic (exact) mass is 464 g/mol. The number of nitrogens with zero attached hydrogens (tertiary/aromatic N) is 2. The summed E-state index contributed by atoms with van der Waals surface area (Å²) in [7, 11) is -3.95. The number of benzene rings is 2. The summed E-state index contributed by atoms with van der Waals surface area (Å²) in [4.78, 5) is 23.1. The number of rotatable bonds is 3. The van der Waals surface area contributed by atoms with E-state index in [4.69, 9.17) is 16.3 Å². The van der Waals surface area contributed by atoms with Gasteiger partial charge in [-0.05, 0) is 43.2 Å². The van der Waals surface area contributed by atoms with Crippen LogP contribution in [0.1, 0.15) is 40.7 Å². The molecule has 2 aliphatic heterocycles. The highest BCUT2D eigenvalue weighted by Crippen LogP contribution is 2.42. The van der Waals surface area contributed by atoms with Gasteiger partial charge in [0.25, 0.3) is 5.69 Å². The number of nitro benzene ring substituents is 1. The first-order valence-corrected chi connectivity index (χ1v) is 11.6. The molecular weight excluding hydrogens is 444 g/mol. The van der Waals surface area contributed by atoms with E-state index < -0.39 is 26.2 Å². The Bertz CT molecular complexity index is 1200. The summed E-state index contributed by atoms with van der Waals surface area (Å²) in [6.07, 6.45) is 0.893. The molecule has 4 rings (SSSR count). The van der Waals surface area contributed by atoms with E-state index in [2.05, 4.69) is 0 Å². The van der Waals surface area contributed by atoms with Gasteiger partial charge >= 0.3 is 0 Å². The molecular formula is C21H21ClN2O6S. The van der Waals surface area contributed by atoms with Crippen molar-refractivity contribution in [3.8, 4) is 5.75 Å². The predicted molar refractivity (Wildman–Crippen MR) is 114 cm³/mol. The number of carbonyl (C=O) groups is 1. The molecule has 31 heavy (non-hydrogen) atoms. The Morgan fingerprint density at radius 1 is 1.16 bits per heavy atom. The van der Waals surface area contributed by atoms with E-state index in [1.807, 2.05) is 26.0 Å². The van der Waals surface area contributed by atoms with Gasteiger partial charge in [-0.3, -0.25) is 14.9 Å². The molecule has 1 spiro atoms. The molecule has 0 saturated carbocycles. The third kappa shape index (κ3) is 3.81. The maximum Gasteiger partial charge on any atom is 0.289 e. The molecule has 0 atom stereocenters. The fraction of sp³-hybridized carbons (Fsp3) is 0.381. The number of carbonyl (C=O) groups excluding carboxylic acids is 1. The lowest BCUT2D eigenvalue weighted by Gasteiger charge is -2.43. The first-order chi connectivity index (χ1) is 14.5. The van der Waals surface area contributed by atoms with Gasteiger partial charge in [0, 0.05) is 32.0 Å². The molecule has 10 heteroatoms. The molecule has 2 aromatic carbocycles. The lowest BCUT2D eigenvalue weighted by molar-refractivity contribution is -0.384. The molecule has 0 aliphatic carbocycles. The van der Waals surface area contributed by atoms with Gasteiger partial charge in [-0.25, -0.2) is 8.42 Å². The third-order valence-corrected chi connectivity index (χ3v) is 8.13. The molecule has 0 radical (unpaired) electrons. The van der Waals surface area contributed by atoms with E-state index in [0.29, 0.717) is 24.2 Å². The lowest BCUT2D eigenvalue weighted by atomic mass is 9.82. The molecule has 0 unspecified atom stereocenters. The molecule has 1 fully saturated rings. The Labute approximate surface area is 185 Å². The number of piperidine rings is 1. The molecule has 2 aliphatic rings. The molecule has 2 heterocycles. The minimum absolute atomic E-state index is 0.00313. The van der Waals surface area contributed by atoms with Crippen molar-refractivity contribution in [1.82, 2.24) is 4.31 Å². The second kappa shape index (κ2) is 7.58. The van der Waals surface area contributed by atoms with Gasteiger partial charge in [-0.1, -0.05) is 17.7 Å². The fourth-order valence-corrected chi connectivity index (χ4v) is 6.02. The number of aryl methyl sites for hydroxylation is 2. The molecule has 0 aromatic heterocycles. The van der Waals surface area contributed by atoms with Crippen LogP contribution in [0.3, 0.4) is 0 Å². The molecule has 0 bridgehead atoms. The summed E-state index contributed by atoms with van der Waals surface area (Å²) in [5, 5.41) is 11.0. The van der Waals surface area contributed by atoms with Crippen LogP contribution in [-0.2, 0) is 10.0 Å². The standard InChI is InChI=1S/C21H21ClN2O6S/c1-13-9-14(2)20-18(25)12-21(30-19(20)10-13)5-7-23(8-6-21)31(28,29)15-3-4-16(22)17(11-15)24(26)27/h3-4,9-11H,5-8,12H2,1-2H3. The summed E-state index contributed by atoms with van der Waals surface area (Å²) in [5.41, 5.74) is 1.26. The number of hydrogen-bond donors (Lipinski definition) is 0. The summed E-state index contributed by atoms with van der Waals surface area (Å²) < 4.78 is 33.6. The van der Waals surface area contributed by atoms with Crippen LogP contribution >= 0.6 is 11.6 Å². The number of Topliss-reactive ketones (excluding diaryl/α,β-unsaturated/α-hetero) is 1. The fourth-order valence-electron chi connectivity index (χ4n) is 4.37. The normalized spacial score (nSPS) is 18.5. The van der Waals surface area contributed by atoms with Crippen LogP contribution in [0.5, 0.6) is 5.75 Å². The Morgan fingerprint density at radius 2 is 1.84 bits per heavy atom. The van der Waals surface area contributed by atoms with Crippen LogP contribution in [0.2, 0.25) is 5.02 Å². The van der Waals surface area contributed by atoms with Crippen molar-refractivity contribution in [2.24, 2.45) is 0 Å². The number of nitro groups is 1. The molecule has 0 amide bonds. The van der Waals surface area contributed by atoms with Crippen molar-refractivity contribution < 1.29 is 22.9 Å². The topological polar surface area (TPSA) is 107 Å². The maximum absolute atomic E-state index is 13.0. The summed E-state index contributed by atoms with van der Waals surface area (Å²) in [5.74, 6) is 0.557. The summed E-state index contributed by atoms with van der Waals surface area (Å²) >= 11 is 5.80. The van der Waals surface area contributed by atoms with E-state index in [0.717, 1.165) is 17.2 Å². The van der Waals surface area contributed by atoms with Crippen LogP contribution < -0.4 is 4.74 Å². The molecule has 1 saturated heterocycles. The quantitative estimate of drug-likeness (QED) is 0.501. The van der Waals surface area contributed by atoms with E-state index in [1.165, 1.54) is 16.4 Å². The summed E-state index contributed by atoms with van der Waals surface area (Å²) in [6.45, 7) is 4.10. The Balaban J connectivity index is 1.57. The molecule has 8 nitrogen and oxygen atoms in total. The molecule has 164 valence electrons. The van der Waals surface area contributed by atoms with Crippen molar-refractivity contribution in [2.75, 3.05) is 13.1 Å². The molecule has 2 aromatic rings. The van der Waals surface area contributed by atoms with Gasteiger partial charge < -0.3 is 4.74 Å². The van der Waals surface area contributed by atoms with Gasteiger partial charge in [0.1, 0.15) is 16.4 Å². The highest BCUT2D eigenvalue weighted by atomic mass is 35.5. The first kappa shape index (κ1) is 21.7. The second-order valence-electron chi connectivity index (χ2n) is 8.11. The zero-order chi connectivity index (χ0) is 22.6. The lowest BCUT2D eigenvalue weighted by Crippen LogP contribution is -2.52. The second-order valence-corrected chi connectivity index (χ2v) is 10.5. The average Bonchev–Trinajstić information content (AvgIpc) is 2.67. The van der Waals surface area contributed by atoms with Crippen LogP contribution in [0, 0.1) is 24.0 Å². The van der Waals surface area contributed by atoms with Gasteiger partial charge in [0.15, 0.2) is 5.78 Å². The van der Waals surface area contributed by atoms with Crippen LogP contribution in [0.4, 0.5) is 5.69 Å². The van der Waals surface area contributed by atoms with Crippen LogP contribution in [-0.4, -0.2) is 42.1 Å². The first-order valence-electron chi connectivity index (χ1n) is 9.80. The van der Waals surface area contributed by atoms with Gasteiger partial charge in [0.05, 0.1) is 21.8 Å².